The number of rotatable bonds is 9. The molecule has 1 N–H and O–H groups in total. The van der Waals surface area contributed by atoms with Crippen molar-refractivity contribution in [1.29, 1.82) is 0 Å². The first-order chi connectivity index (χ1) is 17.7. The zero-order valence-corrected chi connectivity index (χ0v) is 23.3. The first kappa shape index (κ1) is 27.8. The minimum atomic E-state index is -1.13. The minimum Gasteiger partial charge on any atom is -0.374 e. The highest BCUT2D eigenvalue weighted by Crippen LogP contribution is 2.33. The molecule has 2 saturated heterocycles. The Morgan fingerprint density at radius 2 is 1.86 bits per heavy atom. The summed E-state index contributed by atoms with van der Waals surface area (Å²) in [5.74, 6) is 0.348. The Bertz CT molecular complexity index is 1040. The highest BCUT2D eigenvalue weighted by molar-refractivity contribution is 7.84. The van der Waals surface area contributed by atoms with E-state index in [0.29, 0.717) is 25.6 Å². The van der Waals surface area contributed by atoms with Gasteiger partial charge in [0.05, 0.1) is 28.4 Å². The Morgan fingerprint density at radius 3 is 2.49 bits per heavy atom. The van der Waals surface area contributed by atoms with Crippen molar-refractivity contribution in [2.75, 3.05) is 26.2 Å². The molecule has 2 aromatic rings. The van der Waals surface area contributed by atoms with Crippen LogP contribution in [-0.4, -0.2) is 51.3 Å². The molecule has 37 heavy (non-hydrogen) atoms. The maximum atomic E-state index is 12.6. The van der Waals surface area contributed by atoms with E-state index in [1.807, 2.05) is 51.0 Å². The maximum absolute atomic E-state index is 12.6. The molecule has 2 aliphatic rings. The van der Waals surface area contributed by atoms with Gasteiger partial charge in [0.25, 0.3) is 0 Å². The first-order valence-corrected chi connectivity index (χ1v) is 14.5. The molecule has 3 unspecified atom stereocenters. The summed E-state index contributed by atoms with van der Waals surface area (Å²) in [6.45, 7) is 11.4. The number of hydrogen-bond donors (Lipinski definition) is 1. The van der Waals surface area contributed by atoms with Crippen molar-refractivity contribution >= 4 is 17.1 Å². The van der Waals surface area contributed by atoms with Gasteiger partial charge in [-0.25, -0.2) is 13.7 Å². The molecule has 4 rings (SSSR count). The predicted octanol–water partition coefficient (Wildman–Crippen LogP) is 5.53. The van der Waals surface area contributed by atoms with Crippen molar-refractivity contribution in [3.63, 3.8) is 0 Å². The number of hydrogen-bond acceptors (Lipinski definition) is 5. The third-order valence-electron chi connectivity index (χ3n) is 7.03. The summed E-state index contributed by atoms with van der Waals surface area (Å²) in [6, 6.07) is 18.5. The van der Waals surface area contributed by atoms with Crippen LogP contribution in [-0.2, 0) is 27.1 Å². The summed E-state index contributed by atoms with van der Waals surface area (Å²) in [5.41, 5.74) is 3.36. The van der Waals surface area contributed by atoms with Crippen molar-refractivity contribution in [2.24, 2.45) is 5.92 Å². The molecule has 0 saturated carbocycles. The molecule has 0 bridgehead atoms. The first-order valence-electron chi connectivity index (χ1n) is 13.3. The largest absolute Gasteiger partial charge is 0.428 e. The number of likely N-dealkylation sites (tertiary alicyclic amines) is 1. The van der Waals surface area contributed by atoms with E-state index in [-0.39, 0.29) is 23.0 Å². The third kappa shape index (κ3) is 7.87. The van der Waals surface area contributed by atoms with Gasteiger partial charge in [-0.15, -0.1) is 5.06 Å². The fraction of sp³-hybridized carbons (Fsp3) is 0.552. The van der Waals surface area contributed by atoms with E-state index < -0.39 is 11.0 Å². The summed E-state index contributed by atoms with van der Waals surface area (Å²) in [4.78, 5) is 20.2. The minimum absolute atomic E-state index is 0.00410. The van der Waals surface area contributed by atoms with Crippen molar-refractivity contribution in [3.8, 4) is 0 Å². The van der Waals surface area contributed by atoms with Crippen LogP contribution >= 0.6 is 0 Å². The Kier molecular flexibility index (Phi) is 9.40. The van der Waals surface area contributed by atoms with Crippen LogP contribution in [0.2, 0.25) is 0 Å². The van der Waals surface area contributed by atoms with Crippen LogP contribution in [0, 0.1) is 5.92 Å². The molecule has 2 aliphatic heterocycles. The molecule has 2 heterocycles. The maximum Gasteiger partial charge on any atom is 0.428 e. The van der Waals surface area contributed by atoms with Gasteiger partial charge >= 0.3 is 6.09 Å². The lowest BCUT2D eigenvalue weighted by molar-refractivity contribution is -0.141. The molecule has 8 heteroatoms. The van der Waals surface area contributed by atoms with Gasteiger partial charge in [0, 0.05) is 32.3 Å². The fourth-order valence-corrected chi connectivity index (χ4v) is 5.36. The number of carbonyl (C=O) groups is 1. The van der Waals surface area contributed by atoms with Gasteiger partial charge in [-0.1, -0.05) is 54.6 Å². The van der Waals surface area contributed by atoms with Gasteiger partial charge in [0.1, 0.15) is 0 Å². The van der Waals surface area contributed by atoms with E-state index in [4.69, 9.17) is 9.57 Å². The zero-order chi connectivity index (χ0) is 26.4. The van der Waals surface area contributed by atoms with Crippen LogP contribution in [0.1, 0.15) is 75.8 Å². The zero-order valence-electron chi connectivity index (χ0n) is 22.5. The van der Waals surface area contributed by atoms with Crippen LogP contribution in [0.15, 0.2) is 54.6 Å². The number of nitrogens with zero attached hydrogens (tertiary/aromatic N) is 2. The molecule has 0 spiro atoms. The van der Waals surface area contributed by atoms with Gasteiger partial charge in [-0.2, -0.15) is 0 Å². The van der Waals surface area contributed by atoms with E-state index in [9.17, 15) is 9.00 Å². The summed E-state index contributed by atoms with van der Waals surface area (Å²) in [6.07, 6.45) is 2.59. The second-order valence-corrected chi connectivity index (χ2v) is 13.1. The summed E-state index contributed by atoms with van der Waals surface area (Å²) < 4.78 is 21.5. The van der Waals surface area contributed by atoms with E-state index in [0.717, 1.165) is 49.0 Å². The Hall–Kier alpha value is -2.26. The highest BCUT2D eigenvalue weighted by Gasteiger charge is 2.29. The second-order valence-electron chi connectivity index (χ2n) is 11.1. The quantitative estimate of drug-likeness (QED) is 0.435. The summed E-state index contributed by atoms with van der Waals surface area (Å²) in [5, 5.41) is 1.83. The number of carbonyl (C=O) groups excluding carboxylic acids is 1. The molecule has 2 fully saturated rings. The van der Waals surface area contributed by atoms with Crippen molar-refractivity contribution in [3.05, 3.63) is 71.3 Å². The van der Waals surface area contributed by atoms with Crippen molar-refractivity contribution in [1.82, 2.24) is 14.7 Å². The predicted molar refractivity (Wildman–Crippen MR) is 147 cm³/mol. The number of ether oxygens (including phenoxy) is 1. The van der Waals surface area contributed by atoms with Crippen molar-refractivity contribution in [2.45, 2.75) is 70.4 Å². The van der Waals surface area contributed by atoms with E-state index in [1.54, 1.807) is 4.90 Å². The normalized spacial score (nSPS) is 21.8. The summed E-state index contributed by atoms with van der Waals surface area (Å²) >= 11 is 0. The van der Waals surface area contributed by atoms with Gasteiger partial charge in [0.15, 0.2) is 0 Å². The average molecular weight is 528 g/mol. The molecule has 0 aliphatic carbocycles. The van der Waals surface area contributed by atoms with Gasteiger partial charge in [-0.05, 0) is 69.6 Å². The number of amides is 1. The SMILES string of the molecule is C[C@H](NS(=O)C(C)(C)C)c1ccc(C2CC(CN(Cc3ccccc3)OC(=O)N3CCC3)CCO2)cc1. The number of hydroxylamine groups is 2. The van der Waals surface area contributed by atoms with Crippen LogP contribution < -0.4 is 4.72 Å². The van der Waals surface area contributed by atoms with Crippen molar-refractivity contribution < 1.29 is 18.6 Å². The van der Waals surface area contributed by atoms with Gasteiger partial charge in [0.2, 0.25) is 0 Å². The van der Waals surface area contributed by atoms with E-state index in [2.05, 4.69) is 41.1 Å². The molecule has 0 aromatic heterocycles. The topological polar surface area (TPSA) is 71.1 Å². The highest BCUT2D eigenvalue weighted by atomic mass is 32.2. The van der Waals surface area contributed by atoms with E-state index in [1.165, 1.54) is 0 Å². The molecular weight excluding hydrogens is 486 g/mol. The lowest BCUT2D eigenvalue weighted by atomic mass is 9.91. The smallest absolute Gasteiger partial charge is 0.374 e. The van der Waals surface area contributed by atoms with Gasteiger partial charge < -0.3 is 14.5 Å². The Morgan fingerprint density at radius 1 is 1.16 bits per heavy atom. The Balaban J connectivity index is 1.37. The fourth-order valence-electron chi connectivity index (χ4n) is 4.54. The molecule has 1 amide bonds. The molecule has 7 nitrogen and oxygen atoms in total. The van der Waals surface area contributed by atoms with Crippen LogP contribution in [0.25, 0.3) is 0 Å². The van der Waals surface area contributed by atoms with Crippen LogP contribution in [0.3, 0.4) is 0 Å². The standard InChI is InChI=1S/C29H41N3O4S/c1-22(30-37(34)29(2,3)4)25-11-13-26(14-12-25)27-19-24(15-18-35-27)21-32(20-23-9-6-5-7-10-23)36-28(33)31-16-8-17-31/h5-7,9-14,22,24,27,30H,8,15-21H2,1-4H3/t22-,24?,27?,37?/m0/s1. The van der Waals surface area contributed by atoms with Crippen LogP contribution in [0.5, 0.6) is 0 Å². The van der Waals surface area contributed by atoms with Crippen LogP contribution in [0.4, 0.5) is 4.79 Å². The number of nitrogens with one attached hydrogen (secondary N) is 1. The lowest BCUT2D eigenvalue weighted by Gasteiger charge is -2.35. The number of benzene rings is 2. The average Bonchev–Trinajstić information content (AvgIpc) is 2.83. The summed E-state index contributed by atoms with van der Waals surface area (Å²) in [7, 11) is -1.13. The monoisotopic (exact) mass is 527 g/mol. The third-order valence-corrected chi connectivity index (χ3v) is 8.71. The lowest BCUT2D eigenvalue weighted by Crippen LogP contribution is -2.46. The second kappa shape index (κ2) is 12.5. The van der Waals surface area contributed by atoms with Gasteiger partial charge in [-0.3, -0.25) is 0 Å². The molecule has 4 atom stereocenters. The molecule has 0 radical (unpaired) electrons. The Labute approximate surface area is 224 Å². The molecule has 202 valence electrons. The van der Waals surface area contributed by atoms with E-state index >= 15 is 0 Å². The molecule has 2 aromatic carbocycles. The molecular formula is C29H41N3O4S.